The zero-order chi connectivity index (χ0) is 15.9. The number of nitrogens with one attached hydrogen (secondary N) is 1. The van der Waals surface area contributed by atoms with Gasteiger partial charge in [0, 0.05) is 12.6 Å². The van der Waals surface area contributed by atoms with E-state index in [1.54, 1.807) is 11.1 Å². The molecular formula is C19H24N4O. The second-order valence-electron chi connectivity index (χ2n) is 7.42. The van der Waals surface area contributed by atoms with Crippen molar-refractivity contribution in [3.63, 3.8) is 0 Å². The molecule has 24 heavy (non-hydrogen) atoms. The Balaban J connectivity index is 1.33. The summed E-state index contributed by atoms with van der Waals surface area (Å²) in [5.41, 5.74) is 3.13. The third-order valence-corrected chi connectivity index (χ3v) is 6.10. The molecule has 5 rings (SSSR count). The third kappa shape index (κ3) is 2.47. The number of aromatic nitrogens is 3. The molecule has 0 radical (unpaired) electrons. The number of benzene rings is 1. The predicted molar refractivity (Wildman–Crippen MR) is 90.4 cm³/mol. The van der Waals surface area contributed by atoms with E-state index in [4.69, 9.17) is 4.74 Å². The Hall–Kier alpha value is -1.72. The van der Waals surface area contributed by atoms with Crippen LogP contribution in [0.4, 0.5) is 0 Å². The molecule has 126 valence electrons. The maximum Gasteiger partial charge on any atom is 0.159 e. The monoisotopic (exact) mass is 324 g/mol. The van der Waals surface area contributed by atoms with Crippen LogP contribution in [0.2, 0.25) is 0 Å². The molecule has 1 aromatic heterocycles. The van der Waals surface area contributed by atoms with Crippen molar-refractivity contribution in [1.82, 2.24) is 20.1 Å². The first-order chi connectivity index (χ1) is 11.9. The lowest BCUT2D eigenvalue weighted by Crippen LogP contribution is -2.38. The van der Waals surface area contributed by atoms with Gasteiger partial charge in [0.2, 0.25) is 0 Å². The molecular weight excluding hydrogens is 300 g/mol. The van der Waals surface area contributed by atoms with Crippen molar-refractivity contribution in [2.75, 3.05) is 6.61 Å². The van der Waals surface area contributed by atoms with Crippen molar-refractivity contribution in [2.24, 2.45) is 11.8 Å². The molecule has 2 atom stereocenters. The highest BCUT2D eigenvalue weighted by Crippen LogP contribution is 2.40. The van der Waals surface area contributed by atoms with E-state index in [0.717, 1.165) is 43.2 Å². The molecule has 0 amide bonds. The van der Waals surface area contributed by atoms with Crippen molar-refractivity contribution in [1.29, 1.82) is 0 Å². The van der Waals surface area contributed by atoms with Gasteiger partial charge in [-0.25, -0.2) is 0 Å². The number of fused-ring (bicyclic) bond motifs is 4. The first-order valence-electron chi connectivity index (χ1n) is 9.17. The zero-order valence-electron chi connectivity index (χ0n) is 13.9. The second kappa shape index (κ2) is 5.97. The third-order valence-electron chi connectivity index (χ3n) is 6.10. The molecule has 5 nitrogen and oxygen atoms in total. The van der Waals surface area contributed by atoms with Crippen LogP contribution in [-0.4, -0.2) is 27.4 Å². The average molecular weight is 324 g/mol. The van der Waals surface area contributed by atoms with Crippen LogP contribution in [0.1, 0.15) is 35.6 Å². The summed E-state index contributed by atoms with van der Waals surface area (Å²) in [5, 5.41) is 12.5. The largest absolute Gasteiger partial charge is 0.372 e. The summed E-state index contributed by atoms with van der Waals surface area (Å²) < 4.78 is 7.68. The fourth-order valence-electron chi connectivity index (χ4n) is 4.88. The maximum absolute atomic E-state index is 5.46. The van der Waals surface area contributed by atoms with Crippen molar-refractivity contribution >= 4 is 0 Å². The first-order valence-corrected chi connectivity index (χ1v) is 9.17. The summed E-state index contributed by atoms with van der Waals surface area (Å²) in [6, 6.07) is 9.62. The highest BCUT2D eigenvalue weighted by molar-refractivity contribution is 5.30. The molecule has 1 aliphatic heterocycles. The summed E-state index contributed by atoms with van der Waals surface area (Å²) in [5.74, 6) is 3.54. The second-order valence-corrected chi connectivity index (χ2v) is 7.42. The van der Waals surface area contributed by atoms with E-state index in [9.17, 15) is 0 Å². The van der Waals surface area contributed by atoms with E-state index < -0.39 is 0 Å². The van der Waals surface area contributed by atoms with Gasteiger partial charge in [-0.05, 0) is 48.6 Å². The summed E-state index contributed by atoms with van der Waals surface area (Å²) in [4.78, 5) is 0. The van der Waals surface area contributed by atoms with Crippen LogP contribution in [0, 0.1) is 11.8 Å². The van der Waals surface area contributed by atoms with Gasteiger partial charge in [0.15, 0.2) is 5.82 Å². The SMILES string of the molecule is c1ccc2c(c1)CC1CCC(C2)C1NCc1nnc2n1CCOC2. The van der Waals surface area contributed by atoms with Gasteiger partial charge in [0.05, 0.1) is 13.2 Å². The maximum atomic E-state index is 5.46. The predicted octanol–water partition coefficient (Wildman–Crippen LogP) is 2.09. The molecule has 2 bridgehead atoms. The molecule has 3 aliphatic rings. The summed E-state index contributed by atoms with van der Waals surface area (Å²) in [6.45, 7) is 3.06. The van der Waals surface area contributed by atoms with Gasteiger partial charge in [-0.2, -0.15) is 0 Å². The quantitative estimate of drug-likeness (QED) is 0.939. The number of hydrogen-bond acceptors (Lipinski definition) is 4. The highest BCUT2D eigenvalue weighted by Gasteiger charge is 2.38. The molecule has 0 saturated heterocycles. The summed E-state index contributed by atoms with van der Waals surface area (Å²) in [7, 11) is 0. The number of ether oxygens (including phenoxy) is 1. The summed E-state index contributed by atoms with van der Waals surface area (Å²) >= 11 is 0. The van der Waals surface area contributed by atoms with E-state index in [1.807, 2.05) is 0 Å². The summed E-state index contributed by atoms with van der Waals surface area (Å²) in [6.07, 6.45) is 5.14. The van der Waals surface area contributed by atoms with Crippen molar-refractivity contribution in [3.05, 3.63) is 47.0 Å². The molecule has 1 saturated carbocycles. The molecule has 1 fully saturated rings. The average Bonchev–Trinajstić information content (AvgIpc) is 3.13. The Kier molecular flexibility index (Phi) is 3.64. The molecule has 5 heteroatoms. The van der Waals surface area contributed by atoms with Crippen LogP contribution in [0.15, 0.2) is 24.3 Å². The Bertz CT molecular complexity index is 708. The fourth-order valence-corrected chi connectivity index (χ4v) is 4.88. The van der Waals surface area contributed by atoms with E-state index in [-0.39, 0.29) is 0 Å². The molecule has 2 unspecified atom stereocenters. The van der Waals surface area contributed by atoms with E-state index in [2.05, 4.69) is 44.3 Å². The van der Waals surface area contributed by atoms with Gasteiger partial charge in [0.25, 0.3) is 0 Å². The normalized spacial score (nSPS) is 28.2. The highest BCUT2D eigenvalue weighted by atomic mass is 16.5. The van der Waals surface area contributed by atoms with E-state index >= 15 is 0 Å². The molecule has 1 N–H and O–H groups in total. The van der Waals surface area contributed by atoms with Crippen LogP contribution in [0.5, 0.6) is 0 Å². The van der Waals surface area contributed by atoms with Gasteiger partial charge in [-0.15, -0.1) is 10.2 Å². The number of nitrogens with zero attached hydrogens (tertiary/aromatic N) is 3. The minimum absolute atomic E-state index is 0.594. The molecule has 1 aromatic carbocycles. The van der Waals surface area contributed by atoms with Crippen molar-refractivity contribution in [2.45, 2.75) is 51.4 Å². The van der Waals surface area contributed by atoms with Gasteiger partial charge in [0.1, 0.15) is 12.4 Å². The molecule has 2 aromatic rings. The zero-order valence-corrected chi connectivity index (χ0v) is 13.9. The number of rotatable bonds is 3. The molecule has 2 heterocycles. The first kappa shape index (κ1) is 14.6. The van der Waals surface area contributed by atoms with Crippen LogP contribution < -0.4 is 5.32 Å². The smallest absolute Gasteiger partial charge is 0.159 e. The van der Waals surface area contributed by atoms with E-state index in [0.29, 0.717) is 12.6 Å². The van der Waals surface area contributed by atoms with Crippen LogP contribution in [-0.2, 0) is 37.3 Å². The van der Waals surface area contributed by atoms with Crippen LogP contribution >= 0.6 is 0 Å². The Labute approximate surface area is 142 Å². The van der Waals surface area contributed by atoms with Gasteiger partial charge >= 0.3 is 0 Å². The van der Waals surface area contributed by atoms with E-state index in [1.165, 1.54) is 25.7 Å². The lowest BCUT2D eigenvalue weighted by Gasteiger charge is -2.24. The molecule has 0 spiro atoms. The lowest BCUT2D eigenvalue weighted by molar-refractivity contribution is 0.0804. The minimum Gasteiger partial charge on any atom is -0.372 e. The van der Waals surface area contributed by atoms with Crippen LogP contribution in [0.3, 0.4) is 0 Å². The van der Waals surface area contributed by atoms with Crippen LogP contribution in [0.25, 0.3) is 0 Å². The van der Waals surface area contributed by atoms with Crippen molar-refractivity contribution in [3.8, 4) is 0 Å². The van der Waals surface area contributed by atoms with Gasteiger partial charge in [-0.1, -0.05) is 24.3 Å². The lowest BCUT2D eigenvalue weighted by atomic mass is 9.94. The Morgan fingerprint density at radius 2 is 1.83 bits per heavy atom. The Morgan fingerprint density at radius 1 is 1.08 bits per heavy atom. The van der Waals surface area contributed by atoms with Gasteiger partial charge < -0.3 is 14.6 Å². The Morgan fingerprint density at radius 3 is 2.58 bits per heavy atom. The number of hydrogen-bond donors (Lipinski definition) is 1. The topological polar surface area (TPSA) is 52.0 Å². The molecule has 2 aliphatic carbocycles. The standard InChI is InChI=1S/C19H24N4O/c1-2-4-14-10-16-6-5-15(9-13(14)3-1)19(16)20-11-17-21-22-18-12-24-8-7-23(17)18/h1-4,15-16,19-20H,5-12H2. The fraction of sp³-hybridized carbons (Fsp3) is 0.579. The minimum atomic E-state index is 0.594. The van der Waals surface area contributed by atoms with Crippen molar-refractivity contribution < 1.29 is 4.74 Å². The van der Waals surface area contributed by atoms with Gasteiger partial charge in [-0.3, -0.25) is 0 Å².